The second-order valence-electron chi connectivity index (χ2n) is 9.30. The van der Waals surface area contributed by atoms with Gasteiger partial charge in [-0.2, -0.15) is 0 Å². The van der Waals surface area contributed by atoms with E-state index >= 15 is 0 Å². The summed E-state index contributed by atoms with van der Waals surface area (Å²) in [6, 6.07) is 10.8. The molecule has 0 aromatic heterocycles. The van der Waals surface area contributed by atoms with Crippen molar-refractivity contribution in [2.75, 3.05) is 45.8 Å². The van der Waals surface area contributed by atoms with Gasteiger partial charge < -0.3 is 14.5 Å². The van der Waals surface area contributed by atoms with Gasteiger partial charge in [-0.1, -0.05) is 30.3 Å². The fraction of sp³-hybridized carbons (Fsp3) is 0.696. The monoisotopic (exact) mass is 387 g/mol. The predicted octanol–water partition coefficient (Wildman–Crippen LogP) is 3.84. The smallest absolute Gasteiger partial charge is 0.410 e. The molecule has 156 valence electrons. The third-order valence-electron chi connectivity index (χ3n) is 5.83. The second kappa shape index (κ2) is 9.75. The number of hydrogen-bond acceptors (Lipinski definition) is 4. The standard InChI is InChI=1S/C23H37N3O2/c1-23(2,3)28-22(27)26-13-10-20(11-14-26)9-12-24-15-17-25(18-16-24)19-21-7-5-4-6-8-21/h4-8,20H,9-19H2,1-3H3. The SMILES string of the molecule is CC(C)(C)OC(=O)N1CCC(CCN2CCN(Cc3ccccc3)CC2)CC1. The molecular weight excluding hydrogens is 350 g/mol. The first kappa shape index (κ1) is 21.1. The molecule has 1 aromatic carbocycles. The quantitative estimate of drug-likeness (QED) is 0.769. The van der Waals surface area contributed by atoms with E-state index in [-0.39, 0.29) is 6.09 Å². The van der Waals surface area contributed by atoms with Gasteiger partial charge in [0.05, 0.1) is 0 Å². The molecule has 1 aromatic rings. The van der Waals surface area contributed by atoms with E-state index < -0.39 is 5.60 Å². The van der Waals surface area contributed by atoms with E-state index in [2.05, 4.69) is 40.1 Å². The molecule has 3 rings (SSSR count). The number of amides is 1. The molecule has 2 fully saturated rings. The van der Waals surface area contributed by atoms with E-state index in [0.29, 0.717) is 0 Å². The van der Waals surface area contributed by atoms with Gasteiger partial charge in [-0.15, -0.1) is 0 Å². The number of benzene rings is 1. The minimum atomic E-state index is -0.406. The van der Waals surface area contributed by atoms with E-state index in [1.807, 2.05) is 25.7 Å². The lowest BCUT2D eigenvalue weighted by atomic mass is 9.93. The molecule has 0 saturated carbocycles. The molecule has 2 heterocycles. The van der Waals surface area contributed by atoms with Crippen molar-refractivity contribution in [3.05, 3.63) is 35.9 Å². The topological polar surface area (TPSA) is 36.0 Å². The van der Waals surface area contributed by atoms with Gasteiger partial charge in [-0.3, -0.25) is 4.90 Å². The van der Waals surface area contributed by atoms with Crippen molar-refractivity contribution in [3.8, 4) is 0 Å². The van der Waals surface area contributed by atoms with E-state index in [1.54, 1.807) is 0 Å². The number of carbonyl (C=O) groups is 1. The van der Waals surface area contributed by atoms with E-state index in [4.69, 9.17) is 4.74 Å². The Kier molecular flexibility index (Phi) is 7.36. The van der Waals surface area contributed by atoms with Crippen molar-refractivity contribution >= 4 is 6.09 Å². The summed E-state index contributed by atoms with van der Waals surface area (Å²) in [5.74, 6) is 0.737. The molecule has 0 N–H and O–H groups in total. The van der Waals surface area contributed by atoms with Crippen LogP contribution >= 0.6 is 0 Å². The van der Waals surface area contributed by atoms with Crippen LogP contribution in [0, 0.1) is 5.92 Å². The van der Waals surface area contributed by atoms with Crippen molar-refractivity contribution in [2.45, 2.75) is 52.2 Å². The van der Waals surface area contributed by atoms with Gasteiger partial charge in [0.25, 0.3) is 0 Å². The molecular formula is C23H37N3O2. The molecule has 28 heavy (non-hydrogen) atoms. The number of ether oxygens (including phenoxy) is 1. The van der Waals surface area contributed by atoms with Gasteiger partial charge >= 0.3 is 6.09 Å². The van der Waals surface area contributed by atoms with Crippen molar-refractivity contribution in [2.24, 2.45) is 5.92 Å². The van der Waals surface area contributed by atoms with E-state index in [1.165, 1.54) is 31.6 Å². The summed E-state index contributed by atoms with van der Waals surface area (Å²) in [5.41, 5.74) is 1.00. The van der Waals surface area contributed by atoms with Crippen LogP contribution < -0.4 is 0 Å². The molecule has 2 saturated heterocycles. The highest BCUT2D eigenvalue weighted by molar-refractivity contribution is 5.68. The van der Waals surface area contributed by atoms with Gasteiger partial charge in [0, 0.05) is 45.8 Å². The molecule has 2 aliphatic heterocycles. The molecule has 0 spiro atoms. The fourth-order valence-electron chi connectivity index (χ4n) is 4.11. The molecule has 1 amide bonds. The highest BCUT2D eigenvalue weighted by atomic mass is 16.6. The van der Waals surface area contributed by atoms with Gasteiger partial charge in [-0.05, 0) is 58.1 Å². The third kappa shape index (κ3) is 6.78. The second-order valence-corrected chi connectivity index (χ2v) is 9.30. The normalized spacial score (nSPS) is 20.3. The van der Waals surface area contributed by atoms with Crippen LogP contribution in [-0.4, -0.2) is 72.2 Å². The lowest BCUT2D eigenvalue weighted by Crippen LogP contribution is -2.46. The van der Waals surface area contributed by atoms with Crippen LogP contribution in [0.2, 0.25) is 0 Å². The Hall–Kier alpha value is -1.59. The first-order valence-corrected chi connectivity index (χ1v) is 10.9. The Morgan fingerprint density at radius 2 is 1.57 bits per heavy atom. The molecule has 0 aliphatic carbocycles. The van der Waals surface area contributed by atoms with Crippen molar-refractivity contribution < 1.29 is 9.53 Å². The van der Waals surface area contributed by atoms with Crippen LogP contribution in [0.4, 0.5) is 4.79 Å². The van der Waals surface area contributed by atoms with Gasteiger partial charge in [-0.25, -0.2) is 4.79 Å². The lowest BCUT2D eigenvalue weighted by Gasteiger charge is -2.37. The first-order chi connectivity index (χ1) is 13.4. The zero-order valence-corrected chi connectivity index (χ0v) is 17.9. The van der Waals surface area contributed by atoms with Crippen LogP contribution in [0.15, 0.2) is 30.3 Å². The van der Waals surface area contributed by atoms with E-state index in [9.17, 15) is 4.79 Å². The summed E-state index contributed by atoms with van der Waals surface area (Å²) in [6.07, 6.45) is 3.31. The Labute approximate surface area is 170 Å². The summed E-state index contributed by atoms with van der Waals surface area (Å²) in [7, 11) is 0. The minimum Gasteiger partial charge on any atom is -0.444 e. The maximum absolute atomic E-state index is 12.2. The average molecular weight is 388 g/mol. The number of piperazine rings is 1. The van der Waals surface area contributed by atoms with Gasteiger partial charge in [0.1, 0.15) is 5.60 Å². The number of nitrogens with zero attached hydrogens (tertiary/aromatic N) is 3. The predicted molar refractivity (Wildman–Crippen MR) is 113 cm³/mol. The number of rotatable bonds is 5. The Morgan fingerprint density at radius 3 is 2.18 bits per heavy atom. The van der Waals surface area contributed by atoms with Gasteiger partial charge in [0.2, 0.25) is 0 Å². The summed E-state index contributed by atoms with van der Waals surface area (Å²) in [6.45, 7) is 14.4. The highest BCUT2D eigenvalue weighted by Crippen LogP contribution is 2.23. The maximum Gasteiger partial charge on any atom is 0.410 e. The molecule has 5 nitrogen and oxygen atoms in total. The largest absolute Gasteiger partial charge is 0.444 e. The number of likely N-dealkylation sites (tertiary alicyclic amines) is 1. The third-order valence-corrected chi connectivity index (χ3v) is 5.83. The van der Waals surface area contributed by atoms with Crippen LogP contribution in [0.1, 0.15) is 45.6 Å². The molecule has 0 bridgehead atoms. The minimum absolute atomic E-state index is 0.152. The number of carbonyl (C=O) groups excluding carboxylic acids is 1. The number of piperidine rings is 1. The van der Waals surface area contributed by atoms with Crippen LogP contribution in [0.5, 0.6) is 0 Å². The highest BCUT2D eigenvalue weighted by Gasteiger charge is 2.27. The molecule has 0 radical (unpaired) electrons. The summed E-state index contributed by atoms with van der Waals surface area (Å²) >= 11 is 0. The average Bonchev–Trinajstić information content (AvgIpc) is 2.67. The Balaban J connectivity index is 1.30. The van der Waals surface area contributed by atoms with Crippen molar-refractivity contribution in [1.82, 2.24) is 14.7 Å². The summed E-state index contributed by atoms with van der Waals surface area (Å²) in [4.78, 5) is 19.2. The molecule has 5 heteroatoms. The Morgan fingerprint density at radius 1 is 0.964 bits per heavy atom. The van der Waals surface area contributed by atoms with Crippen molar-refractivity contribution in [3.63, 3.8) is 0 Å². The lowest BCUT2D eigenvalue weighted by molar-refractivity contribution is 0.0175. The fourth-order valence-corrected chi connectivity index (χ4v) is 4.11. The van der Waals surface area contributed by atoms with Crippen LogP contribution in [-0.2, 0) is 11.3 Å². The van der Waals surface area contributed by atoms with E-state index in [0.717, 1.165) is 51.5 Å². The maximum atomic E-state index is 12.2. The Bertz CT molecular complexity index is 598. The summed E-state index contributed by atoms with van der Waals surface area (Å²) in [5, 5.41) is 0. The number of hydrogen-bond donors (Lipinski definition) is 0. The van der Waals surface area contributed by atoms with Crippen LogP contribution in [0.3, 0.4) is 0 Å². The first-order valence-electron chi connectivity index (χ1n) is 10.9. The summed E-state index contributed by atoms with van der Waals surface area (Å²) < 4.78 is 5.49. The molecule has 2 aliphatic rings. The van der Waals surface area contributed by atoms with Gasteiger partial charge in [0.15, 0.2) is 0 Å². The van der Waals surface area contributed by atoms with Crippen molar-refractivity contribution in [1.29, 1.82) is 0 Å². The zero-order valence-electron chi connectivity index (χ0n) is 17.9. The molecule has 0 atom stereocenters. The zero-order chi connectivity index (χ0) is 20.0. The van der Waals surface area contributed by atoms with Crippen LogP contribution in [0.25, 0.3) is 0 Å². The molecule has 0 unspecified atom stereocenters.